The van der Waals surface area contributed by atoms with Crippen molar-refractivity contribution in [3.8, 4) is 22.8 Å². The minimum absolute atomic E-state index is 0.0265. The number of urea groups is 1. The summed E-state index contributed by atoms with van der Waals surface area (Å²) in [5, 5.41) is 3.23. The van der Waals surface area contributed by atoms with Gasteiger partial charge in [-0.05, 0) is 55.3 Å². The molecule has 10 heteroatoms. The second-order valence-electron chi connectivity index (χ2n) is 8.66. The number of anilines is 1. The summed E-state index contributed by atoms with van der Waals surface area (Å²) in [5.41, 5.74) is 6.65. The van der Waals surface area contributed by atoms with Crippen molar-refractivity contribution < 1.29 is 19.1 Å². The molecule has 0 radical (unpaired) electrons. The largest absolute Gasteiger partial charge is 0.457 e. The standard InChI is InChI=1S/C27H24N6O4/c1-2-20(34)29-17-7-6-14-33(15-17)26-24-23(31-27(36)32-24)21(25(28)35)22(30-26)16-10-12-19(13-11-16)37-18-8-4-3-5-9-18/h2-5,8-13,17H,1,6-7,14-15H2,(H2,28,35)(H,29,34)/t17-/m0/s1. The number of nitrogens with one attached hydrogen (secondary N) is 1. The third-order valence-corrected chi connectivity index (χ3v) is 6.15. The number of nitrogens with two attached hydrogens (primary N) is 1. The van der Waals surface area contributed by atoms with E-state index in [4.69, 9.17) is 15.5 Å². The Hall–Kier alpha value is -4.86. The van der Waals surface area contributed by atoms with Crippen molar-refractivity contribution >= 4 is 23.7 Å². The molecule has 5 rings (SSSR count). The van der Waals surface area contributed by atoms with Crippen molar-refractivity contribution in [1.29, 1.82) is 0 Å². The Kier molecular flexibility index (Phi) is 6.46. The first kappa shape index (κ1) is 23.9. The van der Waals surface area contributed by atoms with E-state index in [1.54, 1.807) is 24.3 Å². The Balaban J connectivity index is 1.56. The summed E-state index contributed by atoms with van der Waals surface area (Å²) in [6.45, 7) is 4.58. The highest BCUT2D eigenvalue weighted by atomic mass is 16.5. The van der Waals surface area contributed by atoms with E-state index in [-0.39, 0.29) is 28.2 Å². The number of primary amides is 1. The second kappa shape index (κ2) is 10.0. The van der Waals surface area contributed by atoms with E-state index in [1.165, 1.54) is 6.08 Å². The van der Waals surface area contributed by atoms with Crippen molar-refractivity contribution in [3.63, 3.8) is 0 Å². The van der Waals surface area contributed by atoms with Gasteiger partial charge in [0.25, 0.3) is 5.91 Å². The van der Waals surface area contributed by atoms with Crippen LogP contribution in [0.4, 0.5) is 10.6 Å². The van der Waals surface area contributed by atoms with Gasteiger partial charge in [-0.1, -0.05) is 24.8 Å². The Morgan fingerprint density at radius 3 is 2.46 bits per heavy atom. The van der Waals surface area contributed by atoms with Crippen LogP contribution in [0.1, 0.15) is 23.2 Å². The fourth-order valence-corrected chi connectivity index (χ4v) is 4.49. The predicted molar refractivity (Wildman–Crippen MR) is 136 cm³/mol. The first-order valence-electron chi connectivity index (χ1n) is 11.8. The Morgan fingerprint density at radius 2 is 1.76 bits per heavy atom. The summed E-state index contributed by atoms with van der Waals surface area (Å²) >= 11 is 0. The van der Waals surface area contributed by atoms with Crippen molar-refractivity contribution in [3.05, 3.63) is 83.5 Å². The summed E-state index contributed by atoms with van der Waals surface area (Å²) in [7, 11) is 0. The molecular weight excluding hydrogens is 472 g/mol. The molecule has 3 heterocycles. The lowest BCUT2D eigenvalue weighted by atomic mass is 10.0. The monoisotopic (exact) mass is 496 g/mol. The number of fused-ring (bicyclic) bond motifs is 1. The van der Waals surface area contributed by atoms with E-state index in [9.17, 15) is 14.4 Å². The normalized spacial score (nSPS) is 16.3. The topological polar surface area (TPSA) is 139 Å². The summed E-state index contributed by atoms with van der Waals surface area (Å²) in [6, 6.07) is 15.5. The molecule has 3 aromatic rings. The maximum atomic E-state index is 12.5. The number of aromatic nitrogens is 1. The minimum atomic E-state index is -0.765. The van der Waals surface area contributed by atoms with E-state index in [0.717, 1.165) is 12.8 Å². The number of pyridine rings is 1. The van der Waals surface area contributed by atoms with Crippen LogP contribution >= 0.6 is 0 Å². The van der Waals surface area contributed by atoms with E-state index in [1.807, 2.05) is 35.2 Å². The number of carbonyl (C=O) groups is 3. The molecule has 0 aliphatic carbocycles. The first-order chi connectivity index (χ1) is 17.9. The minimum Gasteiger partial charge on any atom is -0.457 e. The third-order valence-electron chi connectivity index (χ3n) is 6.15. The van der Waals surface area contributed by atoms with Gasteiger partial charge in [0.1, 0.15) is 22.2 Å². The molecule has 1 saturated heterocycles. The Labute approximate surface area is 212 Å². The number of rotatable bonds is 7. The predicted octanol–water partition coefficient (Wildman–Crippen LogP) is 2.28. The molecule has 2 aliphatic rings. The van der Waals surface area contributed by atoms with Gasteiger partial charge in [0, 0.05) is 24.7 Å². The molecule has 1 atom stereocenters. The zero-order chi connectivity index (χ0) is 25.9. The van der Waals surface area contributed by atoms with Crippen molar-refractivity contribution in [2.24, 2.45) is 15.7 Å². The summed E-state index contributed by atoms with van der Waals surface area (Å²) in [4.78, 5) is 51.3. The number of benzene rings is 2. The highest BCUT2D eigenvalue weighted by Gasteiger charge is 2.28. The van der Waals surface area contributed by atoms with Crippen molar-refractivity contribution in [2.75, 3.05) is 18.0 Å². The quantitative estimate of drug-likeness (QED) is 0.481. The van der Waals surface area contributed by atoms with Crippen LogP contribution in [0.5, 0.6) is 11.5 Å². The van der Waals surface area contributed by atoms with Crippen LogP contribution in [0.3, 0.4) is 0 Å². The fourth-order valence-electron chi connectivity index (χ4n) is 4.49. The van der Waals surface area contributed by atoms with Gasteiger partial charge in [0.05, 0.1) is 11.3 Å². The number of amides is 4. The molecule has 0 spiro atoms. The number of hydrogen-bond donors (Lipinski definition) is 2. The third kappa shape index (κ3) is 4.94. The maximum absolute atomic E-state index is 12.5. The van der Waals surface area contributed by atoms with E-state index < -0.39 is 11.9 Å². The lowest BCUT2D eigenvalue weighted by Crippen LogP contribution is -2.50. The van der Waals surface area contributed by atoms with Crippen LogP contribution in [0.15, 0.2) is 77.2 Å². The van der Waals surface area contributed by atoms with Gasteiger partial charge < -0.3 is 20.7 Å². The molecule has 186 valence electrons. The van der Waals surface area contributed by atoms with E-state index >= 15 is 0 Å². The van der Waals surface area contributed by atoms with Gasteiger partial charge in [0.15, 0.2) is 5.82 Å². The van der Waals surface area contributed by atoms with Crippen molar-refractivity contribution in [1.82, 2.24) is 10.3 Å². The number of carbonyl (C=O) groups excluding carboxylic acids is 3. The molecule has 0 unspecified atom stereocenters. The molecule has 1 aromatic heterocycles. The zero-order valence-electron chi connectivity index (χ0n) is 19.9. The summed E-state index contributed by atoms with van der Waals surface area (Å²) in [6.07, 6.45) is 2.79. The number of piperidine rings is 1. The summed E-state index contributed by atoms with van der Waals surface area (Å²) < 4.78 is 5.87. The second-order valence-corrected chi connectivity index (χ2v) is 8.66. The molecular formula is C27H24N6O4. The van der Waals surface area contributed by atoms with Gasteiger partial charge in [0.2, 0.25) is 5.91 Å². The van der Waals surface area contributed by atoms with Crippen LogP contribution < -0.4 is 31.4 Å². The molecule has 4 amide bonds. The fraction of sp³-hybridized carbons (Fsp3) is 0.185. The molecule has 37 heavy (non-hydrogen) atoms. The van der Waals surface area contributed by atoms with Gasteiger partial charge in [-0.3, -0.25) is 9.59 Å². The molecule has 0 saturated carbocycles. The van der Waals surface area contributed by atoms with E-state index in [2.05, 4.69) is 21.9 Å². The highest BCUT2D eigenvalue weighted by molar-refractivity contribution is 6.00. The molecule has 1 fully saturated rings. The van der Waals surface area contributed by atoms with Crippen LogP contribution in [-0.2, 0) is 4.79 Å². The Bertz CT molecular complexity index is 1520. The first-order valence-corrected chi connectivity index (χ1v) is 11.8. The lowest BCUT2D eigenvalue weighted by molar-refractivity contribution is -0.117. The molecule has 2 aliphatic heterocycles. The van der Waals surface area contributed by atoms with E-state index in [0.29, 0.717) is 41.7 Å². The van der Waals surface area contributed by atoms with Crippen LogP contribution in [0, 0.1) is 0 Å². The smallest absolute Gasteiger partial charge is 0.368 e. The summed E-state index contributed by atoms with van der Waals surface area (Å²) in [5.74, 6) is 0.671. The van der Waals surface area contributed by atoms with Crippen molar-refractivity contribution in [2.45, 2.75) is 18.9 Å². The van der Waals surface area contributed by atoms with Gasteiger partial charge in [-0.2, -0.15) is 9.98 Å². The average Bonchev–Trinajstić information content (AvgIpc) is 3.29. The highest BCUT2D eigenvalue weighted by Crippen LogP contribution is 2.27. The van der Waals surface area contributed by atoms with Gasteiger partial charge in [-0.25, -0.2) is 9.78 Å². The van der Waals surface area contributed by atoms with Crippen LogP contribution in [-0.4, -0.2) is 42.0 Å². The van der Waals surface area contributed by atoms with Gasteiger partial charge >= 0.3 is 6.03 Å². The van der Waals surface area contributed by atoms with Gasteiger partial charge in [-0.15, -0.1) is 0 Å². The number of para-hydroxylation sites is 1. The molecule has 10 nitrogen and oxygen atoms in total. The zero-order valence-corrected chi connectivity index (χ0v) is 19.9. The number of nitrogens with zero attached hydrogens (tertiary/aromatic N) is 4. The molecule has 2 aromatic carbocycles. The average molecular weight is 497 g/mol. The Morgan fingerprint density at radius 1 is 1.05 bits per heavy atom. The lowest BCUT2D eigenvalue weighted by Gasteiger charge is -2.34. The molecule has 3 N–H and O–H groups in total. The number of ether oxygens (including phenoxy) is 1. The number of hydrogen-bond acceptors (Lipinski definition) is 6. The molecule has 0 bridgehead atoms. The van der Waals surface area contributed by atoms with Crippen LogP contribution in [0.2, 0.25) is 0 Å². The SMILES string of the molecule is C=CC(=O)N[C@H]1CCCN(c2nc(-c3ccc(Oc4ccccc4)cc3)c(C(N)=O)c3c2=NC(=O)N=3)C1. The van der Waals surface area contributed by atoms with Crippen LogP contribution in [0.25, 0.3) is 11.3 Å². The maximum Gasteiger partial charge on any atom is 0.368 e.